The SMILES string of the molecule is CC.Cc1ccccc1-c1cc(=O)oc2cc(NCC(N)=O)ccc12. The first-order valence-electron chi connectivity index (χ1n) is 8.21. The number of carbonyl (C=O) groups is 1. The standard InChI is InChI=1S/C18H16N2O3.C2H6/c1-11-4-2-3-5-13(11)15-9-18(22)23-16-8-12(6-7-14(15)16)20-10-17(19)21;1-2/h2-9,20H,10H2,1H3,(H2,19,21);1-2H3. The van der Waals surface area contributed by atoms with Crippen LogP contribution in [0.2, 0.25) is 0 Å². The highest BCUT2D eigenvalue weighted by Crippen LogP contribution is 2.30. The van der Waals surface area contributed by atoms with Crippen LogP contribution in [-0.2, 0) is 4.79 Å². The molecule has 5 nitrogen and oxygen atoms in total. The molecule has 0 saturated heterocycles. The predicted molar refractivity (Wildman–Crippen MR) is 102 cm³/mol. The van der Waals surface area contributed by atoms with E-state index in [-0.39, 0.29) is 6.54 Å². The number of amides is 1. The minimum atomic E-state index is -0.458. The maximum atomic E-state index is 11.9. The molecule has 1 amide bonds. The van der Waals surface area contributed by atoms with E-state index in [0.717, 1.165) is 22.1 Å². The number of rotatable bonds is 4. The van der Waals surface area contributed by atoms with E-state index in [0.29, 0.717) is 11.3 Å². The number of aryl methyl sites for hydroxylation is 1. The van der Waals surface area contributed by atoms with Crippen molar-refractivity contribution in [3.63, 3.8) is 0 Å². The van der Waals surface area contributed by atoms with Crippen LogP contribution < -0.4 is 16.7 Å². The molecule has 0 aliphatic heterocycles. The highest BCUT2D eigenvalue weighted by molar-refractivity contribution is 5.95. The van der Waals surface area contributed by atoms with Gasteiger partial charge in [-0.25, -0.2) is 4.79 Å². The Morgan fingerprint density at radius 3 is 2.48 bits per heavy atom. The second-order valence-electron chi connectivity index (χ2n) is 5.32. The normalized spacial score (nSPS) is 10.0. The summed E-state index contributed by atoms with van der Waals surface area (Å²) in [6, 6.07) is 14.8. The van der Waals surface area contributed by atoms with E-state index < -0.39 is 11.5 Å². The van der Waals surface area contributed by atoms with Crippen LogP contribution >= 0.6 is 0 Å². The molecule has 3 rings (SSSR count). The Bertz CT molecular complexity index is 945. The van der Waals surface area contributed by atoms with Gasteiger partial charge in [0.1, 0.15) is 5.58 Å². The molecule has 3 N–H and O–H groups in total. The molecule has 0 radical (unpaired) electrons. The fourth-order valence-electron chi connectivity index (χ4n) is 2.56. The summed E-state index contributed by atoms with van der Waals surface area (Å²) >= 11 is 0. The van der Waals surface area contributed by atoms with Crippen molar-refractivity contribution in [2.75, 3.05) is 11.9 Å². The minimum Gasteiger partial charge on any atom is -0.423 e. The summed E-state index contributed by atoms with van der Waals surface area (Å²) in [7, 11) is 0. The monoisotopic (exact) mass is 338 g/mol. The number of hydrogen-bond donors (Lipinski definition) is 2. The predicted octanol–water partition coefficient (Wildman–Crippen LogP) is 3.69. The van der Waals surface area contributed by atoms with Crippen LogP contribution in [-0.4, -0.2) is 12.5 Å². The van der Waals surface area contributed by atoms with Gasteiger partial charge in [0.15, 0.2) is 0 Å². The molecule has 0 aliphatic rings. The van der Waals surface area contributed by atoms with E-state index in [1.165, 1.54) is 6.07 Å². The molecule has 25 heavy (non-hydrogen) atoms. The van der Waals surface area contributed by atoms with E-state index in [2.05, 4.69) is 5.32 Å². The smallest absolute Gasteiger partial charge is 0.336 e. The lowest BCUT2D eigenvalue weighted by Gasteiger charge is -2.10. The summed E-state index contributed by atoms with van der Waals surface area (Å²) in [6.07, 6.45) is 0. The Kier molecular flexibility index (Phi) is 5.95. The molecule has 5 heteroatoms. The van der Waals surface area contributed by atoms with Gasteiger partial charge in [-0.05, 0) is 30.2 Å². The average Bonchev–Trinajstić information content (AvgIpc) is 2.61. The van der Waals surface area contributed by atoms with Crippen LogP contribution in [0.1, 0.15) is 19.4 Å². The van der Waals surface area contributed by atoms with Crippen molar-refractivity contribution in [2.45, 2.75) is 20.8 Å². The summed E-state index contributed by atoms with van der Waals surface area (Å²) < 4.78 is 5.30. The van der Waals surface area contributed by atoms with Gasteiger partial charge in [-0.2, -0.15) is 0 Å². The first-order valence-corrected chi connectivity index (χ1v) is 8.21. The Morgan fingerprint density at radius 2 is 1.80 bits per heavy atom. The van der Waals surface area contributed by atoms with Gasteiger partial charge in [-0.1, -0.05) is 38.1 Å². The second kappa shape index (κ2) is 8.15. The first kappa shape index (κ1) is 18.3. The van der Waals surface area contributed by atoms with E-state index in [4.69, 9.17) is 10.2 Å². The van der Waals surface area contributed by atoms with E-state index in [9.17, 15) is 9.59 Å². The molecule has 0 bridgehead atoms. The number of anilines is 1. The van der Waals surface area contributed by atoms with Gasteiger partial charge in [0.05, 0.1) is 6.54 Å². The molecule has 3 aromatic rings. The molecule has 0 aliphatic carbocycles. The zero-order valence-corrected chi connectivity index (χ0v) is 14.6. The number of primary amides is 1. The van der Waals surface area contributed by atoms with Gasteiger partial charge in [-0.15, -0.1) is 0 Å². The summed E-state index contributed by atoms with van der Waals surface area (Å²) in [5.74, 6) is -0.458. The fraction of sp³-hybridized carbons (Fsp3) is 0.200. The number of benzene rings is 2. The second-order valence-corrected chi connectivity index (χ2v) is 5.32. The van der Waals surface area contributed by atoms with Gasteiger partial charge in [0, 0.05) is 28.8 Å². The fourth-order valence-corrected chi connectivity index (χ4v) is 2.56. The van der Waals surface area contributed by atoms with Crippen LogP contribution in [0.3, 0.4) is 0 Å². The van der Waals surface area contributed by atoms with Gasteiger partial charge >= 0.3 is 5.63 Å². The third-order valence-electron chi connectivity index (χ3n) is 3.65. The van der Waals surface area contributed by atoms with E-state index in [1.54, 1.807) is 6.07 Å². The summed E-state index contributed by atoms with van der Waals surface area (Å²) in [4.78, 5) is 22.8. The molecule has 130 valence electrons. The highest BCUT2D eigenvalue weighted by Gasteiger charge is 2.10. The quantitative estimate of drug-likeness (QED) is 0.710. The zero-order valence-electron chi connectivity index (χ0n) is 14.6. The molecule has 0 atom stereocenters. The van der Waals surface area contributed by atoms with Crippen molar-refractivity contribution in [1.29, 1.82) is 0 Å². The lowest BCUT2D eigenvalue weighted by atomic mass is 9.98. The van der Waals surface area contributed by atoms with Gasteiger partial charge in [0.2, 0.25) is 5.91 Å². The molecule has 1 aromatic heterocycles. The summed E-state index contributed by atoms with van der Waals surface area (Å²) in [5, 5.41) is 3.73. The van der Waals surface area contributed by atoms with Crippen molar-refractivity contribution in [3.05, 3.63) is 64.5 Å². The highest BCUT2D eigenvalue weighted by atomic mass is 16.4. The molecular formula is C20H22N2O3. The van der Waals surface area contributed by atoms with Crippen LogP contribution in [0, 0.1) is 6.92 Å². The Hall–Kier alpha value is -3.08. The molecule has 0 fully saturated rings. The number of nitrogens with two attached hydrogens (primary N) is 1. The zero-order chi connectivity index (χ0) is 18.4. The molecule has 0 saturated carbocycles. The third-order valence-corrected chi connectivity index (χ3v) is 3.65. The molecule has 0 spiro atoms. The maximum Gasteiger partial charge on any atom is 0.336 e. The van der Waals surface area contributed by atoms with Gasteiger partial charge in [0.25, 0.3) is 0 Å². The average molecular weight is 338 g/mol. The molecular weight excluding hydrogens is 316 g/mol. The van der Waals surface area contributed by atoms with Gasteiger partial charge < -0.3 is 15.5 Å². The lowest BCUT2D eigenvalue weighted by molar-refractivity contribution is -0.116. The van der Waals surface area contributed by atoms with Crippen molar-refractivity contribution < 1.29 is 9.21 Å². The van der Waals surface area contributed by atoms with Crippen molar-refractivity contribution in [3.8, 4) is 11.1 Å². The Balaban J connectivity index is 0.00000109. The third kappa shape index (κ3) is 4.26. The molecule has 1 heterocycles. The van der Waals surface area contributed by atoms with Gasteiger partial charge in [-0.3, -0.25) is 4.79 Å². The largest absolute Gasteiger partial charge is 0.423 e. The van der Waals surface area contributed by atoms with Crippen LogP contribution in [0.25, 0.3) is 22.1 Å². The summed E-state index contributed by atoms with van der Waals surface area (Å²) in [6.45, 7) is 6.02. The topological polar surface area (TPSA) is 85.3 Å². The molecule has 0 unspecified atom stereocenters. The number of carbonyl (C=O) groups excluding carboxylic acids is 1. The maximum absolute atomic E-state index is 11.9. The van der Waals surface area contributed by atoms with Crippen LogP contribution in [0.5, 0.6) is 0 Å². The van der Waals surface area contributed by atoms with Crippen LogP contribution in [0.15, 0.2) is 57.7 Å². The lowest BCUT2D eigenvalue weighted by Crippen LogP contribution is -2.21. The van der Waals surface area contributed by atoms with E-state index >= 15 is 0 Å². The number of fused-ring (bicyclic) bond motifs is 1. The van der Waals surface area contributed by atoms with Crippen LogP contribution in [0.4, 0.5) is 5.69 Å². The molecule has 2 aromatic carbocycles. The number of nitrogens with one attached hydrogen (secondary N) is 1. The minimum absolute atomic E-state index is 0.0211. The summed E-state index contributed by atoms with van der Waals surface area (Å²) in [5.41, 5.74) is 8.73. The Morgan fingerprint density at radius 1 is 1.08 bits per heavy atom. The number of hydrogen-bond acceptors (Lipinski definition) is 4. The van der Waals surface area contributed by atoms with Crippen molar-refractivity contribution in [1.82, 2.24) is 0 Å². The van der Waals surface area contributed by atoms with Crippen molar-refractivity contribution in [2.24, 2.45) is 5.73 Å². The van der Waals surface area contributed by atoms with E-state index in [1.807, 2.05) is 57.2 Å². The Labute approximate surface area is 146 Å². The first-order chi connectivity index (χ1) is 12.0. The van der Waals surface area contributed by atoms with Crippen molar-refractivity contribution >= 4 is 22.6 Å².